The molecule has 1 aromatic carbocycles. The number of imidazole rings is 1. The lowest BCUT2D eigenvalue weighted by atomic mass is 9.80. The highest BCUT2D eigenvalue weighted by Crippen LogP contribution is 2.37. The normalized spacial score (nSPS) is 17.6. The summed E-state index contributed by atoms with van der Waals surface area (Å²) < 4.78 is 22.5. The molecule has 0 radical (unpaired) electrons. The Balaban J connectivity index is 2.10. The number of nitrogens with one attached hydrogen (secondary N) is 1. The number of hydrogen-bond donors (Lipinski definition) is 1. The number of H-pyrrole nitrogens is 1. The zero-order chi connectivity index (χ0) is 13.6. The summed E-state index contributed by atoms with van der Waals surface area (Å²) in [7, 11) is 1.74. The van der Waals surface area contributed by atoms with Crippen LogP contribution in [0.3, 0.4) is 0 Å². The molecule has 0 spiro atoms. The van der Waals surface area contributed by atoms with Gasteiger partial charge in [0.25, 0.3) is 0 Å². The Morgan fingerprint density at radius 2 is 2.26 bits per heavy atom. The molecule has 0 aliphatic heterocycles. The Bertz CT molecular complexity index is 684. The Hall–Kier alpha value is -0.470. The van der Waals surface area contributed by atoms with Crippen molar-refractivity contribution in [3.8, 4) is 0 Å². The van der Waals surface area contributed by atoms with E-state index in [9.17, 15) is 4.39 Å². The number of ether oxygens (including phenoxy) is 1. The van der Waals surface area contributed by atoms with E-state index in [0.717, 1.165) is 23.9 Å². The zero-order valence-electron chi connectivity index (χ0n) is 10.5. The Labute approximate surface area is 129 Å². The van der Waals surface area contributed by atoms with Gasteiger partial charge in [0, 0.05) is 13.2 Å². The van der Waals surface area contributed by atoms with E-state index in [0.29, 0.717) is 14.9 Å². The van der Waals surface area contributed by atoms with E-state index < -0.39 is 0 Å². The predicted molar refractivity (Wildman–Crippen MR) is 83.4 cm³/mol. The lowest BCUT2D eigenvalue weighted by Gasteiger charge is -2.40. The summed E-state index contributed by atoms with van der Waals surface area (Å²) in [6.45, 7) is 0.683. The van der Waals surface area contributed by atoms with Crippen LogP contribution >= 0.6 is 34.8 Å². The highest BCUT2D eigenvalue weighted by atomic mass is 127. The molecule has 1 aliphatic rings. The third kappa shape index (κ3) is 2.23. The van der Waals surface area contributed by atoms with E-state index in [2.05, 4.69) is 4.98 Å². The van der Waals surface area contributed by atoms with Crippen molar-refractivity contribution in [3.05, 3.63) is 26.3 Å². The van der Waals surface area contributed by atoms with E-state index in [-0.39, 0.29) is 11.4 Å². The smallest absolute Gasteiger partial charge is 0.178 e. The maximum absolute atomic E-state index is 13.7. The fourth-order valence-electron chi connectivity index (χ4n) is 2.59. The van der Waals surface area contributed by atoms with Gasteiger partial charge in [-0.1, -0.05) is 0 Å². The summed E-state index contributed by atoms with van der Waals surface area (Å²) in [5.41, 5.74) is 1.56. The van der Waals surface area contributed by atoms with Gasteiger partial charge in [0.05, 0.1) is 26.7 Å². The van der Waals surface area contributed by atoms with Crippen molar-refractivity contribution < 1.29 is 9.13 Å². The first-order valence-electron chi connectivity index (χ1n) is 6.17. The number of aromatic amines is 1. The monoisotopic (exact) mass is 392 g/mol. The van der Waals surface area contributed by atoms with Crippen molar-refractivity contribution in [3.63, 3.8) is 0 Å². The fourth-order valence-corrected chi connectivity index (χ4v) is 3.33. The highest BCUT2D eigenvalue weighted by Gasteiger charge is 2.37. The standard InChI is InChI=1S/C13H14FIN2OS/c1-18-13(3-2-4-13)7-17-11-5-8(14)9(15)6-10(11)16-12(17)19/h5-6H,2-4,7H2,1H3,(H,16,19). The minimum Gasteiger partial charge on any atom is -0.376 e. The zero-order valence-corrected chi connectivity index (χ0v) is 13.5. The third-order valence-corrected chi connectivity index (χ3v) is 5.11. The third-order valence-electron chi connectivity index (χ3n) is 3.96. The van der Waals surface area contributed by atoms with Crippen LogP contribution in [0.15, 0.2) is 12.1 Å². The Morgan fingerprint density at radius 3 is 2.84 bits per heavy atom. The van der Waals surface area contributed by atoms with Gasteiger partial charge in [0.2, 0.25) is 0 Å². The number of aromatic nitrogens is 2. The summed E-state index contributed by atoms with van der Waals surface area (Å²) >= 11 is 7.34. The summed E-state index contributed by atoms with van der Waals surface area (Å²) in [4.78, 5) is 3.14. The predicted octanol–water partition coefficient (Wildman–Crippen LogP) is 4.01. The molecule has 0 saturated heterocycles. The maximum Gasteiger partial charge on any atom is 0.178 e. The number of hydrogen-bond acceptors (Lipinski definition) is 2. The van der Waals surface area contributed by atoms with Gasteiger partial charge in [0.15, 0.2) is 4.77 Å². The second-order valence-electron chi connectivity index (χ2n) is 5.04. The first-order chi connectivity index (χ1) is 9.04. The van der Waals surface area contributed by atoms with Crippen LogP contribution in [0.2, 0.25) is 0 Å². The van der Waals surface area contributed by atoms with Crippen molar-refractivity contribution in [2.24, 2.45) is 0 Å². The molecule has 6 heteroatoms. The summed E-state index contributed by atoms with van der Waals surface area (Å²) in [6, 6.07) is 3.34. The molecule has 1 N–H and O–H groups in total. The number of halogens is 2. The first-order valence-corrected chi connectivity index (χ1v) is 7.66. The molecule has 1 saturated carbocycles. The van der Waals surface area contributed by atoms with Crippen molar-refractivity contribution >= 4 is 45.8 Å². The minimum atomic E-state index is -0.212. The largest absolute Gasteiger partial charge is 0.376 e. The second-order valence-corrected chi connectivity index (χ2v) is 6.59. The van der Waals surface area contributed by atoms with Gasteiger partial charge in [-0.25, -0.2) is 4.39 Å². The Kier molecular flexibility index (Phi) is 3.43. The molecule has 2 aromatic rings. The van der Waals surface area contributed by atoms with Gasteiger partial charge in [-0.05, 0) is 60.1 Å². The molecule has 3 nitrogen and oxygen atoms in total. The van der Waals surface area contributed by atoms with E-state index in [1.165, 1.54) is 6.42 Å². The van der Waals surface area contributed by atoms with Crippen LogP contribution < -0.4 is 0 Å². The van der Waals surface area contributed by atoms with Crippen molar-refractivity contribution in [2.45, 2.75) is 31.4 Å². The average Bonchev–Trinajstić information content (AvgIpc) is 2.61. The van der Waals surface area contributed by atoms with Crippen molar-refractivity contribution in [1.29, 1.82) is 0 Å². The molecule has 1 heterocycles. The number of nitrogens with zero attached hydrogens (tertiary/aromatic N) is 1. The average molecular weight is 392 g/mol. The van der Waals surface area contributed by atoms with Crippen molar-refractivity contribution in [2.75, 3.05) is 7.11 Å². The summed E-state index contributed by atoms with van der Waals surface area (Å²) in [5, 5.41) is 0. The van der Waals surface area contributed by atoms with Gasteiger partial charge >= 0.3 is 0 Å². The molecule has 0 unspecified atom stereocenters. The van der Waals surface area contributed by atoms with Crippen LogP contribution in [-0.4, -0.2) is 22.3 Å². The van der Waals surface area contributed by atoms with E-state index in [4.69, 9.17) is 17.0 Å². The van der Waals surface area contributed by atoms with Crippen LogP contribution in [0.4, 0.5) is 4.39 Å². The molecular formula is C13H14FIN2OS. The molecule has 0 bridgehead atoms. The van der Waals surface area contributed by atoms with Crippen LogP contribution in [-0.2, 0) is 11.3 Å². The lowest BCUT2D eigenvalue weighted by Crippen LogP contribution is -2.43. The van der Waals surface area contributed by atoms with Crippen molar-refractivity contribution in [1.82, 2.24) is 9.55 Å². The molecule has 1 aromatic heterocycles. The van der Waals surface area contributed by atoms with Gasteiger partial charge < -0.3 is 14.3 Å². The number of fused-ring (bicyclic) bond motifs is 1. The van der Waals surface area contributed by atoms with Crippen LogP contribution in [0.25, 0.3) is 11.0 Å². The van der Waals surface area contributed by atoms with E-state index in [1.807, 2.05) is 27.2 Å². The van der Waals surface area contributed by atoms with E-state index >= 15 is 0 Å². The molecule has 0 amide bonds. The fraction of sp³-hybridized carbons (Fsp3) is 0.462. The second kappa shape index (κ2) is 4.82. The Morgan fingerprint density at radius 1 is 1.53 bits per heavy atom. The molecule has 1 aliphatic carbocycles. The molecule has 3 rings (SSSR count). The van der Waals surface area contributed by atoms with E-state index in [1.54, 1.807) is 19.2 Å². The van der Waals surface area contributed by atoms with Gasteiger partial charge in [-0.3, -0.25) is 0 Å². The lowest BCUT2D eigenvalue weighted by molar-refractivity contribution is -0.0830. The molecule has 1 fully saturated rings. The van der Waals surface area contributed by atoms with Gasteiger partial charge in [-0.15, -0.1) is 0 Å². The summed E-state index contributed by atoms with van der Waals surface area (Å²) in [5.74, 6) is -0.212. The SMILES string of the molecule is COC1(Cn2c(=S)[nH]c3cc(I)c(F)cc32)CCC1. The van der Waals surface area contributed by atoms with Crippen LogP contribution in [0, 0.1) is 14.2 Å². The molecule has 0 atom stereocenters. The number of rotatable bonds is 3. The van der Waals surface area contributed by atoms with Crippen LogP contribution in [0.1, 0.15) is 19.3 Å². The highest BCUT2D eigenvalue weighted by molar-refractivity contribution is 14.1. The molecule has 102 valence electrons. The molecule has 19 heavy (non-hydrogen) atoms. The van der Waals surface area contributed by atoms with Gasteiger partial charge in [-0.2, -0.15) is 0 Å². The number of methoxy groups -OCH3 is 1. The van der Waals surface area contributed by atoms with Crippen LogP contribution in [0.5, 0.6) is 0 Å². The first kappa shape index (κ1) is 13.5. The molecular weight excluding hydrogens is 378 g/mol. The van der Waals surface area contributed by atoms with Gasteiger partial charge in [0.1, 0.15) is 5.82 Å². The minimum absolute atomic E-state index is 0.132. The maximum atomic E-state index is 13.7. The topological polar surface area (TPSA) is 29.9 Å². The summed E-state index contributed by atoms with van der Waals surface area (Å²) in [6.07, 6.45) is 3.24. The quantitative estimate of drug-likeness (QED) is 0.632. The number of benzene rings is 1.